The van der Waals surface area contributed by atoms with E-state index in [2.05, 4.69) is 46.7 Å². The molecule has 3 nitrogen and oxygen atoms in total. The summed E-state index contributed by atoms with van der Waals surface area (Å²) in [6.45, 7) is 6.26. The molecule has 0 aliphatic heterocycles. The zero-order valence-electron chi connectivity index (χ0n) is 11.4. The highest BCUT2D eigenvalue weighted by Gasteiger charge is 2.05. The van der Waals surface area contributed by atoms with Gasteiger partial charge in [0, 0.05) is 12.5 Å². The SMILES string of the molecule is CCCc1nc(Br)cc(Oc2ccc(C)c(C)c2)n1. The fourth-order valence-electron chi connectivity index (χ4n) is 1.73. The summed E-state index contributed by atoms with van der Waals surface area (Å²) < 4.78 is 6.56. The molecule has 0 saturated heterocycles. The molecule has 1 aromatic carbocycles. The van der Waals surface area contributed by atoms with Gasteiger partial charge in [-0.2, -0.15) is 4.98 Å². The van der Waals surface area contributed by atoms with Crippen LogP contribution in [0.3, 0.4) is 0 Å². The largest absolute Gasteiger partial charge is 0.439 e. The van der Waals surface area contributed by atoms with Crippen molar-refractivity contribution in [2.24, 2.45) is 0 Å². The molecule has 0 aliphatic rings. The fourth-order valence-corrected chi connectivity index (χ4v) is 2.13. The first-order chi connectivity index (χ1) is 9.08. The van der Waals surface area contributed by atoms with Gasteiger partial charge in [0.1, 0.15) is 16.2 Å². The van der Waals surface area contributed by atoms with Gasteiger partial charge in [0.2, 0.25) is 5.88 Å². The third-order valence-corrected chi connectivity index (χ3v) is 3.30. The first-order valence-corrected chi connectivity index (χ1v) is 7.16. The molecule has 0 atom stereocenters. The molecule has 1 aromatic heterocycles. The third kappa shape index (κ3) is 3.77. The number of benzene rings is 1. The van der Waals surface area contributed by atoms with E-state index in [4.69, 9.17) is 4.74 Å². The van der Waals surface area contributed by atoms with E-state index < -0.39 is 0 Å². The summed E-state index contributed by atoms with van der Waals surface area (Å²) in [5, 5.41) is 0. The Kier molecular flexibility index (Phi) is 4.53. The minimum atomic E-state index is 0.577. The van der Waals surface area contributed by atoms with E-state index in [1.54, 1.807) is 6.07 Å². The monoisotopic (exact) mass is 320 g/mol. The number of nitrogens with zero attached hydrogens (tertiary/aromatic N) is 2. The first-order valence-electron chi connectivity index (χ1n) is 6.37. The summed E-state index contributed by atoms with van der Waals surface area (Å²) in [5.74, 6) is 2.18. The van der Waals surface area contributed by atoms with Crippen LogP contribution >= 0.6 is 15.9 Å². The Morgan fingerprint density at radius 1 is 1.11 bits per heavy atom. The van der Waals surface area contributed by atoms with E-state index in [0.29, 0.717) is 5.88 Å². The van der Waals surface area contributed by atoms with Gasteiger partial charge in [0.15, 0.2) is 0 Å². The predicted octanol–water partition coefficient (Wildman–Crippen LogP) is 4.60. The van der Waals surface area contributed by atoms with Crippen molar-refractivity contribution in [3.63, 3.8) is 0 Å². The van der Waals surface area contributed by atoms with Crippen LogP contribution in [0.15, 0.2) is 28.9 Å². The van der Waals surface area contributed by atoms with Crippen LogP contribution in [-0.4, -0.2) is 9.97 Å². The molecule has 0 fully saturated rings. The molecule has 0 amide bonds. The minimum Gasteiger partial charge on any atom is -0.439 e. The van der Waals surface area contributed by atoms with E-state index in [-0.39, 0.29) is 0 Å². The van der Waals surface area contributed by atoms with Crippen LogP contribution in [-0.2, 0) is 6.42 Å². The summed E-state index contributed by atoms with van der Waals surface area (Å²) in [6.07, 6.45) is 1.86. The molecule has 0 saturated carbocycles. The molecule has 19 heavy (non-hydrogen) atoms. The van der Waals surface area contributed by atoms with Crippen LogP contribution in [0.25, 0.3) is 0 Å². The highest BCUT2D eigenvalue weighted by atomic mass is 79.9. The Hall–Kier alpha value is -1.42. The molecule has 1 heterocycles. The molecule has 0 N–H and O–H groups in total. The lowest BCUT2D eigenvalue weighted by Crippen LogP contribution is -1.98. The molecule has 0 unspecified atom stereocenters. The third-order valence-electron chi connectivity index (χ3n) is 2.89. The summed E-state index contributed by atoms with van der Waals surface area (Å²) in [4.78, 5) is 8.73. The van der Waals surface area contributed by atoms with Gasteiger partial charge in [-0.15, -0.1) is 0 Å². The topological polar surface area (TPSA) is 35.0 Å². The molecule has 2 aromatic rings. The van der Waals surface area contributed by atoms with Crippen molar-refractivity contribution >= 4 is 15.9 Å². The minimum absolute atomic E-state index is 0.577. The smallest absolute Gasteiger partial charge is 0.223 e. The Balaban J connectivity index is 2.24. The zero-order valence-corrected chi connectivity index (χ0v) is 13.0. The van der Waals surface area contributed by atoms with Crippen molar-refractivity contribution in [2.75, 3.05) is 0 Å². The number of hydrogen-bond acceptors (Lipinski definition) is 3. The van der Waals surface area contributed by atoms with Gasteiger partial charge in [-0.05, 0) is 59.5 Å². The number of ether oxygens (including phenoxy) is 1. The van der Waals surface area contributed by atoms with Gasteiger partial charge in [-0.3, -0.25) is 0 Å². The van der Waals surface area contributed by atoms with Gasteiger partial charge in [0.25, 0.3) is 0 Å². The van der Waals surface area contributed by atoms with Crippen molar-refractivity contribution < 1.29 is 4.74 Å². The first kappa shape index (κ1) is 14.0. The van der Waals surface area contributed by atoms with Crippen molar-refractivity contribution in [3.05, 3.63) is 45.8 Å². The predicted molar refractivity (Wildman–Crippen MR) is 79.7 cm³/mol. The van der Waals surface area contributed by atoms with E-state index in [1.165, 1.54) is 11.1 Å². The molecule has 0 bridgehead atoms. The van der Waals surface area contributed by atoms with Crippen LogP contribution < -0.4 is 4.74 Å². The Labute approximate surface area is 122 Å². The molecule has 4 heteroatoms. The van der Waals surface area contributed by atoms with Crippen molar-refractivity contribution in [1.29, 1.82) is 0 Å². The summed E-state index contributed by atoms with van der Waals surface area (Å²) in [7, 11) is 0. The molecular formula is C15H17BrN2O. The molecule has 0 radical (unpaired) electrons. The van der Waals surface area contributed by atoms with Gasteiger partial charge >= 0.3 is 0 Å². The highest BCUT2D eigenvalue weighted by Crippen LogP contribution is 2.24. The maximum Gasteiger partial charge on any atom is 0.223 e. The lowest BCUT2D eigenvalue weighted by molar-refractivity contribution is 0.457. The number of aromatic nitrogens is 2. The normalized spacial score (nSPS) is 10.5. The Morgan fingerprint density at radius 2 is 1.89 bits per heavy atom. The van der Waals surface area contributed by atoms with Gasteiger partial charge in [0.05, 0.1) is 0 Å². The van der Waals surface area contributed by atoms with Gasteiger partial charge in [-0.25, -0.2) is 4.98 Å². The van der Waals surface area contributed by atoms with Crippen molar-refractivity contribution in [1.82, 2.24) is 9.97 Å². The van der Waals surface area contributed by atoms with E-state index in [0.717, 1.165) is 29.0 Å². The quantitative estimate of drug-likeness (QED) is 0.772. The van der Waals surface area contributed by atoms with E-state index >= 15 is 0 Å². The molecule has 0 aliphatic carbocycles. The average molecular weight is 321 g/mol. The number of halogens is 1. The van der Waals surface area contributed by atoms with Crippen LogP contribution in [0.1, 0.15) is 30.3 Å². The van der Waals surface area contributed by atoms with Gasteiger partial charge < -0.3 is 4.74 Å². The molecule has 100 valence electrons. The summed E-state index contributed by atoms with van der Waals surface area (Å²) >= 11 is 3.39. The van der Waals surface area contributed by atoms with E-state index in [9.17, 15) is 0 Å². The van der Waals surface area contributed by atoms with Crippen molar-refractivity contribution in [3.8, 4) is 11.6 Å². The zero-order chi connectivity index (χ0) is 13.8. The van der Waals surface area contributed by atoms with Crippen LogP contribution in [0.5, 0.6) is 11.6 Å². The van der Waals surface area contributed by atoms with Crippen LogP contribution in [0.2, 0.25) is 0 Å². The summed E-state index contributed by atoms with van der Waals surface area (Å²) in [6, 6.07) is 7.81. The fraction of sp³-hybridized carbons (Fsp3) is 0.333. The van der Waals surface area contributed by atoms with Crippen LogP contribution in [0, 0.1) is 13.8 Å². The Bertz CT molecular complexity index is 584. The van der Waals surface area contributed by atoms with Crippen molar-refractivity contribution in [2.45, 2.75) is 33.6 Å². The standard InChI is InChI=1S/C15H17BrN2O/c1-4-5-14-17-13(16)9-15(18-14)19-12-7-6-10(2)11(3)8-12/h6-9H,4-5H2,1-3H3. The molecule has 0 spiro atoms. The molecular weight excluding hydrogens is 304 g/mol. The maximum absolute atomic E-state index is 5.80. The number of aryl methyl sites for hydroxylation is 3. The maximum atomic E-state index is 5.80. The molecule has 2 rings (SSSR count). The van der Waals surface area contributed by atoms with Crippen LogP contribution in [0.4, 0.5) is 0 Å². The second kappa shape index (κ2) is 6.15. The van der Waals surface area contributed by atoms with E-state index in [1.807, 2.05) is 18.2 Å². The lowest BCUT2D eigenvalue weighted by atomic mass is 10.1. The highest BCUT2D eigenvalue weighted by molar-refractivity contribution is 9.10. The second-order valence-electron chi connectivity index (χ2n) is 4.54. The second-order valence-corrected chi connectivity index (χ2v) is 5.36. The number of rotatable bonds is 4. The lowest BCUT2D eigenvalue weighted by Gasteiger charge is -2.08. The summed E-state index contributed by atoms with van der Waals surface area (Å²) in [5.41, 5.74) is 2.46. The average Bonchev–Trinajstić information content (AvgIpc) is 2.33. The Morgan fingerprint density at radius 3 is 2.58 bits per heavy atom. The number of hydrogen-bond donors (Lipinski definition) is 0. The van der Waals surface area contributed by atoms with Gasteiger partial charge in [-0.1, -0.05) is 13.0 Å².